The number of para-hydroxylation sites is 1. The van der Waals surface area contributed by atoms with Crippen LogP contribution in [0.15, 0.2) is 53.2 Å². The molecule has 108 valence electrons. The Morgan fingerprint density at radius 2 is 1.95 bits per heavy atom. The third kappa shape index (κ3) is 2.90. The molecule has 4 heteroatoms. The van der Waals surface area contributed by atoms with Crippen LogP contribution in [0.5, 0.6) is 5.75 Å². The lowest BCUT2D eigenvalue weighted by molar-refractivity contribution is 0.190. The van der Waals surface area contributed by atoms with Gasteiger partial charge in [-0.3, -0.25) is 4.98 Å². The molecule has 0 fully saturated rings. The largest absolute Gasteiger partial charge is 0.489 e. The lowest BCUT2D eigenvalue weighted by atomic mass is 10.1. The molecule has 1 N–H and O–H groups in total. The number of ether oxygens (including phenoxy) is 1. The first-order chi connectivity index (χ1) is 10.1. The summed E-state index contributed by atoms with van der Waals surface area (Å²) in [6.07, 6.45) is 2.45. The van der Waals surface area contributed by atoms with E-state index in [0.29, 0.717) is 17.1 Å². The van der Waals surface area contributed by atoms with Gasteiger partial charge in [-0.2, -0.15) is 0 Å². The van der Waals surface area contributed by atoms with Gasteiger partial charge < -0.3 is 14.3 Å². The minimum absolute atomic E-state index is 0.0605. The maximum atomic E-state index is 10.5. The van der Waals surface area contributed by atoms with Crippen LogP contribution >= 0.6 is 0 Å². The van der Waals surface area contributed by atoms with Gasteiger partial charge in [0.1, 0.15) is 23.2 Å². The van der Waals surface area contributed by atoms with Crippen molar-refractivity contribution in [2.75, 3.05) is 0 Å². The highest BCUT2D eigenvalue weighted by Crippen LogP contribution is 2.29. The Morgan fingerprint density at radius 1 is 1.14 bits per heavy atom. The summed E-state index contributed by atoms with van der Waals surface area (Å²) in [6.45, 7) is 3.89. The van der Waals surface area contributed by atoms with Crippen LogP contribution in [0, 0.1) is 0 Å². The summed E-state index contributed by atoms with van der Waals surface area (Å²) < 4.78 is 11.3. The molecule has 0 aliphatic carbocycles. The molecule has 0 amide bonds. The molecule has 0 aliphatic heterocycles. The zero-order chi connectivity index (χ0) is 14.8. The summed E-state index contributed by atoms with van der Waals surface area (Å²) in [5.41, 5.74) is 1.40. The summed E-state index contributed by atoms with van der Waals surface area (Å²) in [6, 6.07) is 11.3. The van der Waals surface area contributed by atoms with Crippen molar-refractivity contribution < 1.29 is 14.3 Å². The number of aromatic nitrogens is 1. The zero-order valence-electron chi connectivity index (χ0n) is 12.0. The number of aliphatic hydroxyl groups excluding tert-OH is 1. The van der Waals surface area contributed by atoms with E-state index in [1.165, 1.54) is 0 Å². The van der Waals surface area contributed by atoms with Gasteiger partial charge in [0.05, 0.1) is 12.3 Å². The van der Waals surface area contributed by atoms with E-state index in [1.807, 2.05) is 44.2 Å². The first-order valence-electron chi connectivity index (χ1n) is 6.91. The van der Waals surface area contributed by atoms with Crippen LogP contribution in [0.4, 0.5) is 0 Å². The minimum atomic E-state index is -0.861. The van der Waals surface area contributed by atoms with Crippen LogP contribution in [0.25, 0.3) is 11.0 Å². The van der Waals surface area contributed by atoms with Crippen molar-refractivity contribution in [3.05, 3.63) is 60.1 Å². The molecular formula is C17H17NO3. The van der Waals surface area contributed by atoms with E-state index in [9.17, 15) is 5.11 Å². The van der Waals surface area contributed by atoms with Crippen LogP contribution in [0.3, 0.4) is 0 Å². The monoisotopic (exact) mass is 283 g/mol. The number of fused-ring (bicyclic) bond motifs is 1. The summed E-state index contributed by atoms with van der Waals surface area (Å²) in [4.78, 5) is 4.11. The standard InChI is InChI=1S/C17H17NO3/c1-11(2)20-14-7-13(9-18-10-14)17(19)16-8-12-5-3-4-6-15(12)21-16/h3-11,17,19H,1-2H3. The van der Waals surface area contributed by atoms with Crippen molar-refractivity contribution in [1.82, 2.24) is 4.98 Å². The average molecular weight is 283 g/mol. The second-order valence-electron chi connectivity index (χ2n) is 5.21. The third-order valence-corrected chi connectivity index (χ3v) is 3.14. The van der Waals surface area contributed by atoms with Gasteiger partial charge in [0.2, 0.25) is 0 Å². The highest BCUT2D eigenvalue weighted by atomic mass is 16.5. The average Bonchev–Trinajstić information content (AvgIpc) is 2.90. The maximum absolute atomic E-state index is 10.5. The van der Waals surface area contributed by atoms with Crippen molar-refractivity contribution in [3.8, 4) is 5.75 Å². The molecular weight excluding hydrogens is 266 g/mol. The molecule has 0 saturated carbocycles. The Morgan fingerprint density at radius 3 is 2.71 bits per heavy atom. The SMILES string of the molecule is CC(C)Oc1cncc(C(O)c2cc3ccccc3o2)c1. The Bertz CT molecular complexity index is 715. The van der Waals surface area contributed by atoms with Gasteiger partial charge in [-0.05, 0) is 32.0 Å². The Hall–Kier alpha value is -2.33. The molecule has 3 rings (SSSR count). The van der Waals surface area contributed by atoms with Crippen LogP contribution in [-0.2, 0) is 0 Å². The van der Waals surface area contributed by atoms with Gasteiger partial charge in [0.15, 0.2) is 0 Å². The second kappa shape index (κ2) is 5.58. The quantitative estimate of drug-likeness (QED) is 0.793. The highest BCUT2D eigenvalue weighted by Gasteiger charge is 2.16. The molecule has 0 spiro atoms. The molecule has 0 saturated heterocycles. The number of aliphatic hydroxyl groups is 1. The molecule has 21 heavy (non-hydrogen) atoms. The maximum Gasteiger partial charge on any atom is 0.138 e. The summed E-state index contributed by atoms with van der Waals surface area (Å²) >= 11 is 0. The number of rotatable bonds is 4. The fourth-order valence-corrected chi connectivity index (χ4v) is 2.22. The molecule has 2 heterocycles. The molecule has 1 unspecified atom stereocenters. The predicted octanol–water partition coefficient (Wildman–Crippen LogP) is 3.70. The molecule has 1 aromatic carbocycles. The van der Waals surface area contributed by atoms with Crippen molar-refractivity contribution in [1.29, 1.82) is 0 Å². The van der Waals surface area contributed by atoms with E-state index in [0.717, 1.165) is 11.0 Å². The smallest absolute Gasteiger partial charge is 0.138 e. The molecule has 1 atom stereocenters. The number of furan rings is 1. The van der Waals surface area contributed by atoms with E-state index in [1.54, 1.807) is 18.5 Å². The Balaban J connectivity index is 1.92. The highest BCUT2D eigenvalue weighted by molar-refractivity contribution is 5.77. The number of hydrogen-bond acceptors (Lipinski definition) is 4. The Kier molecular flexibility index (Phi) is 3.62. The van der Waals surface area contributed by atoms with Crippen molar-refractivity contribution in [3.63, 3.8) is 0 Å². The number of nitrogens with zero attached hydrogens (tertiary/aromatic N) is 1. The number of benzene rings is 1. The van der Waals surface area contributed by atoms with E-state index in [-0.39, 0.29) is 6.10 Å². The lowest BCUT2D eigenvalue weighted by Gasteiger charge is -2.12. The van der Waals surface area contributed by atoms with E-state index in [2.05, 4.69) is 4.98 Å². The van der Waals surface area contributed by atoms with Crippen molar-refractivity contribution >= 4 is 11.0 Å². The molecule has 4 nitrogen and oxygen atoms in total. The summed E-state index contributed by atoms with van der Waals surface area (Å²) in [7, 11) is 0. The Labute approximate surface area is 123 Å². The summed E-state index contributed by atoms with van der Waals surface area (Å²) in [5, 5.41) is 11.4. The zero-order valence-corrected chi connectivity index (χ0v) is 12.0. The normalized spacial score (nSPS) is 12.8. The first-order valence-corrected chi connectivity index (χ1v) is 6.91. The van der Waals surface area contributed by atoms with Gasteiger partial charge in [0.25, 0.3) is 0 Å². The van der Waals surface area contributed by atoms with Crippen LogP contribution in [-0.4, -0.2) is 16.2 Å². The van der Waals surface area contributed by atoms with E-state index in [4.69, 9.17) is 9.15 Å². The predicted molar refractivity (Wildman–Crippen MR) is 80.3 cm³/mol. The molecule has 0 bridgehead atoms. The second-order valence-corrected chi connectivity index (χ2v) is 5.21. The van der Waals surface area contributed by atoms with Crippen molar-refractivity contribution in [2.45, 2.75) is 26.1 Å². The lowest BCUT2D eigenvalue weighted by Crippen LogP contribution is -2.07. The first kappa shape index (κ1) is 13.6. The van der Waals surface area contributed by atoms with E-state index >= 15 is 0 Å². The molecule has 2 aromatic heterocycles. The van der Waals surface area contributed by atoms with Crippen LogP contribution in [0.2, 0.25) is 0 Å². The van der Waals surface area contributed by atoms with Gasteiger partial charge in [0, 0.05) is 17.1 Å². The fraction of sp³-hybridized carbons (Fsp3) is 0.235. The molecule has 0 aliphatic rings. The fourth-order valence-electron chi connectivity index (χ4n) is 2.22. The van der Waals surface area contributed by atoms with Gasteiger partial charge in [-0.25, -0.2) is 0 Å². The van der Waals surface area contributed by atoms with Gasteiger partial charge >= 0.3 is 0 Å². The third-order valence-electron chi connectivity index (χ3n) is 3.14. The molecule has 0 radical (unpaired) electrons. The summed E-state index contributed by atoms with van der Waals surface area (Å²) in [5.74, 6) is 1.14. The topological polar surface area (TPSA) is 55.5 Å². The molecule has 3 aromatic rings. The number of pyridine rings is 1. The van der Waals surface area contributed by atoms with Gasteiger partial charge in [-0.1, -0.05) is 18.2 Å². The van der Waals surface area contributed by atoms with Crippen LogP contribution < -0.4 is 4.74 Å². The van der Waals surface area contributed by atoms with Gasteiger partial charge in [-0.15, -0.1) is 0 Å². The van der Waals surface area contributed by atoms with Crippen LogP contribution in [0.1, 0.15) is 31.3 Å². The minimum Gasteiger partial charge on any atom is -0.489 e. The number of hydrogen-bond donors (Lipinski definition) is 1. The van der Waals surface area contributed by atoms with Crippen molar-refractivity contribution in [2.24, 2.45) is 0 Å². The van der Waals surface area contributed by atoms with E-state index < -0.39 is 6.10 Å².